The van der Waals surface area contributed by atoms with Gasteiger partial charge in [-0.3, -0.25) is 9.59 Å². The normalized spacial score (nSPS) is 14.1. The molecule has 3 aromatic carbocycles. The summed E-state index contributed by atoms with van der Waals surface area (Å²) < 4.78 is 5.40. The summed E-state index contributed by atoms with van der Waals surface area (Å²) in [6, 6.07) is 24.6. The highest BCUT2D eigenvalue weighted by Crippen LogP contribution is 2.20. The Balaban J connectivity index is 1.31. The molecule has 0 saturated carbocycles. The molecule has 0 bridgehead atoms. The van der Waals surface area contributed by atoms with Gasteiger partial charge in [-0.15, -0.1) is 0 Å². The lowest BCUT2D eigenvalue weighted by Gasteiger charge is -2.29. The van der Waals surface area contributed by atoms with Crippen LogP contribution in [0.3, 0.4) is 0 Å². The molecule has 35 heavy (non-hydrogen) atoms. The number of carbonyl (C=O) groups is 2. The Bertz CT molecular complexity index is 1110. The highest BCUT2D eigenvalue weighted by molar-refractivity contribution is 6.01. The molecule has 182 valence electrons. The van der Waals surface area contributed by atoms with Gasteiger partial charge < -0.3 is 25.6 Å². The Morgan fingerprint density at radius 2 is 1.60 bits per heavy atom. The lowest BCUT2D eigenvalue weighted by molar-refractivity contribution is -0.116. The Labute approximate surface area is 206 Å². The fourth-order valence-electron chi connectivity index (χ4n) is 3.99. The average molecular weight is 473 g/mol. The van der Waals surface area contributed by atoms with Gasteiger partial charge in [0, 0.05) is 36.7 Å². The summed E-state index contributed by atoms with van der Waals surface area (Å²) in [7, 11) is 0. The molecule has 1 heterocycles. The van der Waals surface area contributed by atoms with Crippen LogP contribution < -0.4 is 20.9 Å². The number of morpholine rings is 1. The number of nitrogens with zero attached hydrogens (tertiary/aromatic N) is 1. The molecule has 3 N–H and O–H groups in total. The van der Waals surface area contributed by atoms with E-state index in [0.717, 1.165) is 44.1 Å². The Morgan fingerprint density at radius 3 is 2.34 bits per heavy atom. The highest BCUT2D eigenvalue weighted by Gasteiger charge is 2.17. The Kier molecular flexibility index (Phi) is 8.35. The van der Waals surface area contributed by atoms with Crippen molar-refractivity contribution in [1.82, 2.24) is 5.32 Å². The molecule has 3 aromatic rings. The van der Waals surface area contributed by atoms with E-state index in [9.17, 15) is 9.59 Å². The number of hydrogen-bond donors (Lipinski definition) is 3. The zero-order valence-electron chi connectivity index (χ0n) is 20.0. The maximum absolute atomic E-state index is 12.8. The third kappa shape index (κ3) is 6.83. The molecule has 1 fully saturated rings. The predicted octanol–water partition coefficient (Wildman–Crippen LogP) is 3.93. The first-order chi connectivity index (χ1) is 17.1. The fraction of sp³-hybridized carbons (Fsp3) is 0.286. The van der Waals surface area contributed by atoms with Crippen molar-refractivity contribution < 1.29 is 14.3 Å². The van der Waals surface area contributed by atoms with Crippen LogP contribution >= 0.6 is 0 Å². The average Bonchev–Trinajstić information content (AvgIpc) is 2.90. The van der Waals surface area contributed by atoms with E-state index in [-0.39, 0.29) is 11.8 Å². The van der Waals surface area contributed by atoms with Crippen molar-refractivity contribution >= 4 is 28.9 Å². The molecule has 0 aromatic heterocycles. The number of para-hydroxylation sites is 1. The summed E-state index contributed by atoms with van der Waals surface area (Å²) in [5.41, 5.74) is 4.14. The van der Waals surface area contributed by atoms with Crippen molar-refractivity contribution in [3.63, 3.8) is 0 Å². The third-order valence-corrected chi connectivity index (χ3v) is 5.99. The SMILES string of the molecule is C[C@@H](Nc1ccccc1C(=O)NCCc1ccccc1)C(=O)Nc1ccc(N2CCOCC2)cc1. The molecule has 1 aliphatic heterocycles. The second-order valence-electron chi connectivity index (χ2n) is 8.54. The Hall–Kier alpha value is -3.84. The van der Waals surface area contributed by atoms with E-state index in [1.807, 2.05) is 72.8 Å². The molecule has 1 saturated heterocycles. The van der Waals surface area contributed by atoms with Crippen molar-refractivity contribution in [3.8, 4) is 0 Å². The number of carbonyl (C=O) groups excluding carboxylic acids is 2. The molecule has 1 aliphatic rings. The minimum atomic E-state index is -0.535. The topological polar surface area (TPSA) is 82.7 Å². The summed E-state index contributed by atoms with van der Waals surface area (Å²) in [4.78, 5) is 27.9. The number of hydrogen-bond acceptors (Lipinski definition) is 5. The van der Waals surface area contributed by atoms with Crippen molar-refractivity contribution in [2.24, 2.45) is 0 Å². The van der Waals surface area contributed by atoms with Gasteiger partial charge in [0.05, 0.1) is 18.8 Å². The molecule has 0 unspecified atom stereocenters. The summed E-state index contributed by atoms with van der Waals surface area (Å²) in [6.45, 7) is 5.51. The lowest BCUT2D eigenvalue weighted by atomic mass is 10.1. The molecule has 7 nitrogen and oxygen atoms in total. The number of amides is 2. The first kappa shape index (κ1) is 24.3. The van der Waals surface area contributed by atoms with Crippen LogP contribution in [-0.2, 0) is 16.0 Å². The van der Waals surface area contributed by atoms with Gasteiger partial charge in [0.1, 0.15) is 6.04 Å². The zero-order valence-corrected chi connectivity index (χ0v) is 20.0. The maximum atomic E-state index is 12.8. The second-order valence-corrected chi connectivity index (χ2v) is 8.54. The lowest BCUT2D eigenvalue weighted by Crippen LogP contribution is -2.36. The maximum Gasteiger partial charge on any atom is 0.253 e. The zero-order chi connectivity index (χ0) is 24.5. The monoisotopic (exact) mass is 472 g/mol. The first-order valence-electron chi connectivity index (χ1n) is 12.0. The Morgan fingerprint density at radius 1 is 0.914 bits per heavy atom. The van der Waals surface area contributed by atoms with Crippen LogP contribution in [0.15, 0.2) is 78.9 Å². The smallest absolute Gasteiger partial charge is 0.253 e. The van der Waals surface area contributed by atoms with Crippen molar-refractivity contribution in [3.05, 3.63) is 90.0 Å². The number of ether oxygens (including phenoxy) is 1. The number of nitrogens with one attached hydrogen (secondary N) is 3. The summed E-state index contributed by atoms with van der Waals surface area (Å²) in [6.07, 6.45) is 0.755. The van der Waals surface area contributed by atoms with Crippen molar-refractivity contribution in [1.29, 1.82) is 0 Å². The molecular formula is C28H32N4O3. The van der Waals surface area contributed by atoms with E-state index >= 15 is 0 Å². The van der Waals surface area contributed by atoms with Crippen LogP contribution in [0.4, 0.5) is 17.1 Å². The first-order valence-corrected chi connectivity index (χ1v) is 12.0. The van der Waals surface area contributed by atoms with Gasteiger partial charge in [-0.25, -0.2) is 0 Å². The minimum Gasteiger partial charge on any atom is -0.378 e. The second kappa shape index (κ2) is 12.0. The van der Waals surface area contributed by atoms with Crippen LogP contribution in [0.25, 0.3) is 0 Å². The molecule has 4 rings (SSSR count). The largest absolute Gasteiger partial charge is 0.378 e. The number of anilines is 3. The van der Waals surface area contributed by atoms with Crippen LogP contribution in [0.2, 0.25) is 0 Å². The van der Waals surface area contributed by atoms with Crippen LogP contribution in [0.1, 0.15) is 22.8 Å². The van der Waals surface area contributed by atoms with E-state index in [4.69, 9.17) is 4.74 Å². The molecule has 2 amide bonds. The molecule has 0 radical (unpaired) electrons. The fourth-order valence-corrected chi connectivity index (χ4v) is 3.99. The molecule has 1 atom stereocenters. The number of benzene rings is 3. The molecular weight excluding hydrogens is 440 g/mol. The summed E-state index contributed by atoms with van der Waals surface area (Å²) >= 11 is 0. The summed E-state index contributed by atoms with van der Waals surface area (Å²) in [5, 5.41) is 9.11. The summed E-state index contributed by atoms with van der Waals surface area (Å²) in [5.74, 6) is -0.348. The quantitative estimate of drug-likeness (QED) is 0.440. The van der Waals surface area contributed by atoms with E-state index in [1.54, 1.807) is 13.0 Å². The number of rotatable bonds is 9. The highest BCUT2D eigenvalue weighted by atomic mass is 16.5. The molecule has 0 spiro atoms. The molecule has 0 aliphatic carbocycles. The van der Waals surface area contributed by atoms with Gasteiger partial charge in [0.25, 0.3) is 5.91 Å². The van der Waals surface area contributed by atoms with Gasteiger partial charge in [0.15, 0.2) is 0 Å². The van der Waals surface area contributed by atoms with Gasteiger partial charge >= 0.3 is 0 Å². The third-order valence-electron chi connectivity index (χ3n) is 5.99. The van der Waals surface area contributed by atoms with Gasteiger partial charge in [-0.2, -0.15) is 0 Å². The predicted molar refractivity (Wildman–Crippen MR) is 140 cm³/mol. The minimum absolute atomic E-state index is 0.171. The van der Waals surface area contributed by atoms with Crippen LogP contribution in [0.5, 0.6) is 0 Å². The van der Waals surface area contributed by atoms with Crippen molar-refractivity contribution in [2.45, 2.75) is 19.4 Å². The van der Waals surface area contributed by atoms with E-state index in [2.05, 4.69) is 20.9 Å². The van der Waals surface area contributed by atoms with Gasteiger partial charge in [0.2, 0.25) is 5.91 Å². The molecule has 7 heteroatoms. The van der Waals surface area contributed by atoms with Crippen LogP contribution in [-0.4, -0.2) is 50.7 Å². The van der Waals surface area contributed by atoms with E-state index < -0.39 is 6.04 Å². The standard InChI is InChI=1S/C28H32N4O3/c1-21(27(33)31-23-11-13-24(14-12-23)32-17-19-35-20-18-32)30-26-10-6-5-9-25(26)28(34)29-16-15-22-7-3-2-4-8-22/h2-14,21,30H,15-20H2,1H3,(H,29,34)(H,31,33)/t21-/m1/s1. The van der Waals surface area contributed by atoms with E-state index in [0.29, 0.717) is 17.8 Å². The van der Waals surface area contributed by atoms with E-state index in [1.165, 1.54) is 5.56 Å². The van der Waals surface area contributed by atoms with Gasteiger partial charge in [-0.05, 0) is 55.3 Å². The van der Waals surface area contributed by atoms with Crippen LogP contribution in [0, 0.1) is 0 Å². The van der Waals surface area contributed by atoms with Gasteiger partial charge in [-0.1, -0.05) is 42.5 Å². The van der Waals surface area contributed by atoms with Crippen molar-refractivity contribution in [2.75, 3.05) is 48.4 Å².